The van der Waals surface area contributed by atoms with Gasteiger partial charge >= 0.3 is 0 Å². The molecule has 0 aromatic rings. The molecule has 3 unspecified atom stereocenters. The van der Waals surface area contributed by atoms with Crippen LogP contribution in [0.4, 0.5) is 0 Å². The Morgan fingerprint density at radius 1 is 1.47 bits per heavy atom. The average molecular weight is 242 g/mol. The minimum atomic E-state index is -0.0879. The van der Waals surface area contributed by atoms with Crippen LogP contribution in [0.5, 0.6) is 0 Å². The molecule has 0 bridgehead atoms. The lowest BCUT2D eigenvalue weighted by Gasteiger charge is -2.12. The molecule has 1 aliphatic rings. The summed E-state index contributed by atoms with van der Waals surface area (Å²) in [5.74, 6) is 0.628. The summed E-state index contributed by atoms with van der Waals surface area (Å²) < 4.78 is 0. The van der Waals surface area contributed by atoms with E-state index in [-0.39, 0.29) is 30.4 Å². The molecule has 0 aliphatic heterocycles. The third-order valence-electron chi connectivity index (χ3n) is 3.07. The molecule has 0 saturated heterocycles. The molecular formula is C12H22N2O3. The number of hydrogen-bond donors (Lipinski definition) is 3. The van der Waals surface area contributed by atoms with E-state index in [9.17, 15) is 9.59 Å². The van der Waals surface area contributed by atoms with E-state index in [4.69, 9.17) is 5.11 Å². The number of carbonyl (C=O) groups excluding carboxylic acids is 2. The molecule has 5 nitrogen and oxygen atoms in total. The van der Waals surface area contributed by atoms with Gasteiger partial charge in [-0.3, -0.25) is 9.59 Å². The molecule has 1 aliphatic carbocycles. The second-order valence-corrected chi connectivity index (χ2v) is 4.84. The molecule has 1 saturated carbocycles. The van der Waals surface area contributed by atoms with Crippen LogP contribution >= 0.6 is 0 Å². The zero-order valence-electron chi connectivity index (χ0n) is 10.5. The molecule has 3 N–H and O–H groups in total. The topological polar surface area (TPSA) is 78.4 Å². The summed E-state index contributed by atoms with van der Waals surface area (Å²) >= 11 is 0. The lowest BCUT2D eigenvalue weighted by Crippen LogP contribution is -2.36. The van der Waals surface area contributed by atoms with Crippen LogP contribution in [0.1, 0.15) is 33.1 Å². The number of hydrogen-bond acceptors (Lipinski definition) is 3. The minimum Gasteiger partial charge on any atom is -0.396 e. The van der Waals surface area contributed by atoms with Crippen molar-refractivity contribution in [2.75, 3.05) is 13.2 Å². The second-order valence-electron chi connectivity index (χ2n) is 4.84. The normalized spacial score (nSPS) is 23.9. The monoisotopic (exact) mass is 242 g/mol. The number of nitrogens with one attached hydrogen (secondary N) is 2. The summed E-state index contributed by atoms with van der Waals surface area (Å²) in [5, 5.41) is 14.2. The van der Waals surface area contributed by atoms with Gasteiger partial charge in [-0.15, -0.1) is 0 Å². The maximum absolute atomic E-state index is 11.4. The van der Waals surface area contributed by atoms with Gasteiger partial charge in [0.25, 0.3) is 0 Å². The molecular weight excluding hydrogens is 220 g/mol. The van der Waals surface area contributed by atoms with E-state index in [1.54, 1.807) is 0 Å². The highest BCUT2D eigenvalue weighted by atomic mass is 16.3. The second kappa shape index (κ2) is 6.59. The first-order chi connectivity index (χ1) is 8.04. The van der Waals surface area contributed by atoms with Gasteiger partial charge in [0.05, 0.1) is 0 Å². The molecule has 0 aromatic carbocycles. The fourth-order valence-corrected chi connectivity index (χ4v) is 1.73. The van der Waals surface area contributed by atoms with Crippen LogP contribution < -0.4 is 10.6 Å². The Hall–Kier alpha value is -1.10. The summed E-state index contributed by atoms with van der Waals surface area (Å²) in [4.78, 5) is 22.9. The predicted molar refractivity (Wildman–Crippen MR) is 64.2 cm³/mol. The van der Waals surface area contributed by atoms with E-state index in [1.165, 1.54) is 0 Å². The van der Waals surface area contributed by atoms with Gasteiger partial charge < -0.3 is 15.7 Å². The van der Waals surface area contributed by atoms with E-state index in [2.05, 4.69) is 10.6 Å². The van der Waals surface area contributed by atoms with Gasteiger partial charge in [0.2, 0.25) is 11.8 Å². The number of carbonyl (C=O) groups is 2. The van der Waals surface area contributed by atoms with Crippen molar-refractivity contribution in [3.05, 3.63) is 0 Å². The summed E-state index contributed by atoms with van der Waals surface area (Å²) in [6, 6.07) is -0.0216. The Morgan fingerprint density at radius 3 is 2.65 bits per heavy atom. The van der Waals surface area contributed by atoms with E-state index in [0.29, 0.717) is 25.3 Å². The zero-order valence-corrected chi connectivity index (χ0v) is 10.5. The van der Waals surface area contributed by atoms with Crippen molar-refractivity contribution in [2.24, 2.45) is 11.8 Å². The van der Waals surface area contributed by atoms with Crippen molar-refractivity contribution < 1.29 is 14.7 Å². The van der Waals surface area contributed by atoms with E-state index < -0.39 is 0 Å². The van der Waals surface area contributed by atoms with Crippen LogP contribution in [0.25, 0.3) is 0 Å². The van der Waals surface area contributed by atoms with Crippen LogP contribution in [-0.2, 0) is 9.59 Å². The van der Waals surface area contributed by atoms with E-state index >= 15 is 0 Å². The molecule has 0 heterocycles. The summed E-state index contributed by atoms with van der Waals surface area (Å²) in [6.07, 6.45) is 1.81. The first-order valence-electron chi connectivity index (χ1n) is 6.22. The van der Waals surface area contributed by atoms with Crippen LogP contribution in [0, 0.1) is 11.8 Å². The van der Waals surface area contributed by atoms with Crippen LogP contribution in [0.2, 0.25) is 0 Å². The summed E-state index contributed by atoms with van der Waals surface area (Å²) in [7, 11) is 0. The first kappa shape index (κ1) is 14.0. The van der Waals surface area contributed by atoms with Crippen molar-refractivity contribution in [2.45, 2.75) is 39.2 Å². The third-order valence-corrected chi connectivity index (χ3v) is 3.07. The Kier molecular flexibility index (Phi) is 5.41. The Bertz CT molecular complexity index is 281. The average Bonchev–Trinajstić information content (AvgIpc) is 2.95. The molecule has 0 aromatic heterocycles. The molecule has 3 atom stereocenters. The van der Waals surface area contributed by atoms with Crippen molar-refractivity contribution in [3.8, 4) is 0 Å². The van der Waals surface area contributed by atoms with Crippen LogP contribution in [0.15, 0.2) is 0 Å². The SMILES string of the molecule is CC(CCO)NC(=O)CCNC(=O)C1CC1C. The molecule has 0 spiro atoms. The highest BCUT2D eigenvalue weighted by molar-refractivity contribution is 5.82. The number of aliphatic hydroxyl groups excluding tert-OH is 1. The summed E-state index contributed by atoms with van der Waals surface area (Å²) in [6.45, 7) is 4.35. The molecule has 17 heavy (non-hydrogen) atoms. The highest BCUT2D eigenvalue weighted by Gasteiger charge is 2.38. The van der Waals surface area contributed by atoms with Gasteiger partial charge in [0.1, 0.15) is 0 Å². The van der Waals surface area contributed by atoms with Crippen LogP contribution in [-0.4, -0.2) is 36.1 Å². The minimum absolute atomic E-state index is 0.0216. The van der Waals surface area contributed by atoms with Gasteiger partial charge in [-0.25, -0.2) is 0 Å². The van der Waals surface area contributed by atoms with Crippen LogP contribution in [0.3, 0.4) is 0 Å². The van der Waals surface area contributed by atoms with Gasteiger partial charge in [0, 0.05) is 31.5 Å². The Balaban J connectivity index is 2.05. The van der Waals surface area contributed by atoms with Gasteiger partial charge in [-0.05, 0) is 25.7 Å². The maximum atomic E-state index is 11.4. The van der Waals surface area contributed by atoms with Crippen molar-refractivity contribution in [1.29, 1.82) is 0 Å². The van der Waals surface area contributed by atoms with E-state index in [1.807, 2.05) is 13.8 Å². The van der Waals surface area contributed by atoms with Crippen molar-refractivity contribution in [3.63, 3.8) is 0 Å². The summed E-state index contributed by atoms with van der Waals surface area (Å²) in [5.41, 5.74) is 0. The largest absolute Gasteiger partial charge is 0.396 e. The standard InChI is InChI=1S/C12H22N2O3/c1-8-7-10(8)12(17)13-5-3-11(16)14-9(2)4-6-15/h8-10,15H,3-7H2,1-2H3,(H,13,17)(H,14,16). The predicted octanol–water partition coefficient (Wildman–Crippen LogP) is 0.0358. The first-order valence-corrected chi connectivity index (χ1v) is 6.22. The van der Waals surface area contributed by atoms with Gasteiger partial charge in [-0.1, -0.05) is 6.92 Å². The van der Waals surface area contributed by atoms with Crippen molar-refractivity contribution >= 4 is 11.8 Å². The molecule has 5 heteroatoms. The third kappa shape index (κ3) is 5.17. The van der Waals surface area contributed by atoms with Crippen molar-refractivity contribution in [1.82, 2.24) is 10.6 Å². The molecule has 98 valence electrons. The Labute approximate surface area is 102 Å². The smallest absolute Gasteiger partial charge is 0.223 e. The van der Waals surface area contributed by atoms with E-state index in [0.717, 1.165) is 6.42 Å². The van der Waals surface area contributed by atoms with Gasteiger partial charge in [-0.2, -0.15) is 0 Å². The molecule has 0 radical (unpaired) electrons. The fraction of sp³-hybridized carbons (Fsp3) is 0.833. The number of aliphatic hydroxyl groups is 1. The lowest BCUT2D eigenvalue weighted by atomic mass is 10.2. The Morgan fingerprint density at radius 2 is 2.12 bits per heavy atom. The zero-order chi connectivity index (χ0) is 12.8. The highest BCUT2D eigenvalue weighted by Crippen LogP contribution is 2.37. The lowest BCUT2D eigenvalue weighted by molar-refractivity contribution is -0.123. The quantitative estimate of drug-likeness (QED) is 0.589. The maximum Gasteiger partial charge on any atom is 0.223 e. The van der Waals surface area contributed by atoms with Gasteiger partial charge in [0.15, 0.2) is 0 Å². The fourth-order valence-electron chi connectivity index (χ4n) is 1.73. The molecule has 2 amide bonds. The number of rotatable bonds is 7. The number of amides is 2. The molecule has 1 rings (SSSR count). The molecule has 1 fully saturated rings.